The molecule has 0 aromatic heterocycles. The number of benzene rings is 2. The van der Waals surface area contributed by atoms with Crippen LogP contribution in [0.1, 0.15) is 30.5 Å². The zero-order chi connectivity index (χ0) is 21.8. The summed E-state index contributed by atoms with van der Waals surface area (Å²) in [4.78, 5) is 12.0. The van der Waals surface area contributed by atoms with Crippen LogP contribution in [0.25, 0.3) is 6.08 Å². The van der Waals surface area contributed by atoms with Crippen LogP contribution in [-0.4, -0.2) is 12.0 Å². The van der Waals surface area contributed by atoms with Crippen LogP contribution in [0.2, 0.25) is 0 Å². The lowest BCUT2D eigenvalue weighted by molar-refractivity contribution is -0.143. The number of amides is 1. The van der Waals surface area contributed by atoms with Crippen molar-refractivity contribution in [2.75, 3.05) is 5.32 Å². The largest absolute Gasteiger partial charge is 0.491 e. The standard InChI is InChI=1S/C20H17F6NO2/c1-12(2)29-17-5-3-4-13(8-17)6-7-18(28)27-16-10-14(19(21,22)23)9-15(11-16)20(24,25)26/h3-12H,1-2H3,(H,27,28)/b7-6+. The van der Waals surface area contributed by atoms with Crippen molar-refractivity contribution in [2.24, 2.45) is 0 Å². The van der Waals surface area contributed by atoms with Crippen LogP contribution in [0.3, 0.4) is 0 Å². The smallest absolute Gasteiger partial charge is 0.416 e. The highest BCUT2D eigenvalue weighted by Crippen LogP contribution is 2.37. The Morgan fingerprint density at radius 3 is 2.07 bits per heavy atom. The molecule has 1 amide bonds. The number of nitrogens with one attached hydrogen (secondary N) is 1. The molecule has 0 heterocycles. The lowest BCUT2D eigenvalue weighted by Crippen LogP contribution is -2.14. The van der Waals surface area contributed by atoms with Gasteiger partial charge in [-0.05, 0) is 55.8 Å². The highest BCUT2D eigenvalue weighted by molar-refractivity contribution is 6.02. The molecule has 156 valence electrons. The summed E-state index contributed by atoms with van der Waals surface area (Å²) in [5, 5.41) is 2.03. The molecule has 0 aliphatic rings. The Bertz CT molecular complexity index is 868. The Labute approximate surface area is 163 Å². The molecule has 2 aromatic rings. The number of anilines is 1. The first kappa shape index (κ1) is 22.3. The summed E-state index contributed by atoms with van der Waals surface area (Å²) in [6.45, 7) is 3.67. The molecule has 2 rings (SSSR count). The van der Waals surface area contributed by atoms with E-state index in [-0.39, 0.29) is 12.2 Å². The SMILES string of the molecule is CC(C)Oc1cccc(/C=C/C(=O)Nc2cc(C(F)(F)F)cc(C(F)(F)F)c2)c1. The third kappa shape index (κ3) is 6.85. The van der Waals surface area contributed by atoms with Gasteiger partial charge in [-0.3, -0.25) is 4.79 Å². The highest BCUT2D eigenvalue weighted by Gasteiger charge is 2.37. The molecular formula is C20H17F6NO2. The van der Waals surface area contributed by atoms with E-state index in [4.69, 9.17) is 4.74 Å². The minimum Gasteiger partial charge on any atom is -0.491 e. The quantitative estimate of drug-likeness (QED) is 0.467. The number of rotatable bonds is 5. The molecule has 0 radical (unpaired) electrons. The maximum absolute atomic E-state index is 12.9. The Morgan fingerprint density at radius 1 is 0.966 bits per heavy atom. The van der Waals surface area contributed by atoms with Gasteiger partial charge < -0.3 is 10.1 Å². The van der Waals surface area contributed by atoms with Crippen LogP contribution in [0.5, 0.6) is 5.75 Å². The van der Waals surface area contributed by atoms with Crippen molar-refractivity contribution >= 4 is 17.7 Å². The minimum atomic E-state index is -4.99. The monoisotopic (exact) mass is 417 g/mol. The predicted molar refractivity (Wildman–Crippen MR) is 96.3 cm³/mol. The van der Waals surface area contributed by atoms with Crippen LogP contribution in [0.15, 0.2) is 48.5 Å². The van der Waals surface area contributed by atoms with Crippen molar-refractivity contribution in [1.29, 1.82) is 0 Å². The molecule has 0 saturated heterocycles. The van der Waals surface area contributed by atoms with Crippen molar-refractivity contribution in [3.8, 4) is 5.75 Å². The molecule has 0 aliphatic heterocycles. The van der Waals surface area contributed by atoms with Gasteiger partial charge >= 0.3 is 12.4 Å². The summed E-state index contributed by atoms with van der Waals surface area (Å²) in [7, 11) is 0. The lowest BCUT2D eigenvalue weighted by Gasteiger charge is -2.14. The fourth-order valence-electron chi connectivity index (χ4n) is 2.35. The molecule has 0 aliphatic carbocycles. The Balaban J connectivity index is 2.21. The molecule has 0 spiro atoms. The Hall–Kier alpha value is -2.97. The first-order valence-corrected chi connectivity index (χ1v) is 8.40. The van der Waals surface area contributed by atoms with Gasteiger partial charge in [-0.2, -0.15) is 26.3 Å². The Morgan fingerprint density at radius 2 is 1.55 bits per heavy atom. The maximum atomic E-state index is 12.9. The summed E-state index contributed by atoms with van der Waals surface area (Å²) in [5.74, 6) is -0.331. The number of carbonyl (C=O) groups is 1. The van der Waals surface area contributed by atoms with Gasteiger partial charge in [0.05, 0.1) is 17.2 Å². The number of halogens is 6. The van der Waals surface area contributed by atoms with Gasteiger partial charge in [0.2, 0.25) is 5.91 Å². The molecule has 1 N–H and O–H groups in total. The van der Waals surface area contributed by atoms with Crippen molar-refractivity contribution in [3.63, 3.8) is 0 Å². The second-order valence-corrected chi connectivity index (χ2v) is 6.36. The molecule has 9 heteroatoms. The molecule has 0 unspecified atom stereocenters. The van der Waals surface area contributed by atoms with Gasteiger partial charge in [-0.25, -0.2) is 0 Å². The van der Waals surface area contributed by atoms with E-state index in [1.807, 2.05) is 19.2 Å². The molecule has 29 heavy (non-hydrogen) atoms. The third-order valence-corrected chi connectivity index (χ3v) is 3.51. The normalized spacial score (nSPS) is 12.4. The molecule has 2 aromatic carbocycles. The second-order valence-electron chi connectivity index (χ2n) is 6.36. The fourth-order valence-corrected chi connectivity index (χ4v) is 2.35. The van der Waals surface area contributed by atoms with Gasteiger partial charge in [0.25, 0.3) is 0 Å². The number of hydrogen-bond acceptors (Lipinski definition) is 2. The number of ether oxygens (including phenoxy) is 1. The number of hydrogen-bond donors (Lipinski definition) is 1. The average molecular weight is 417 g/mol. The summed E-state index contributed by atoms with van der Waals surface area (Å²) < 4.78 is 82.7. The fraction of sp³-hybridized carbons (Fsp3) is 0.250. The van der Waals surface area contributed by atoms with E-state index in [1.54, 1.807) is 24.3 Å². The van der Waals surface area contributed by atoms with Crippen molar-refractivity contribution < 1.29 is 35.9 Å². The summed E-state index contributed by atoms with van der Waals surface area (Å²) >= 11 is 0. The zero-order valence-electron chi connectivity index (χ0n) is 15.4. The van der Waals surface area contributed by atoms with Crippen molar-refractivity contribution in [2.45, 2.75) is 32.3 Å². The highest BCUT2D eigenvalue weighted by atomic mass is 19.4. The van der Waals surface area contributed by atoms with Crippen molar-refractivity contribution in [3.05, 3.63) is 65.2 Å². The van der Waals surface area contributed by atoms with Gasteiger partial charge in [0.1, 0.15) is 5.75 Å². The van der Waals surface area contributed by atoms with Crippen LogP contribution < -0.4 is 10.1 Å². The van der Waals surface area contributed by atoms with Crippen molar-refractivity contribution in [1.82, 2.24) is 0 Å². The molecule has 0 saturated carbocycles. The van der Waals surface area contributed by atoms with E-state index >= 15 is 0 Å². The number of carbonyl (C=O) groups excluding carboxylic acids is 1. The van der Waals surface area contributed by atoms with E-state index in [9.17, 15) is 31.1 Å². The summed E-state index contributed by atoms with van der Waals surface area (Å²) in [6.07, 6.45) is -7.69. The molecule has 0 fully saturated rings. The minimum absolute atomic E-state index is 0.00822. The van der Waals surface area contributed by atoms with Crippen LogP contribution in [0, 0.1) is 0 Å². The van der Waals surface area contributed by atoms with E-state index in [0.717, 1.165) is 6.08 Å². The summed E-state index contributed by atoms with van der Waals surface area (Å²) in [6, 6.07) is 7.55. The van der Waals surface area contributed by atoms with Gasteiger partial charge in [0.15, 0.2) is 0 Å². The number of alkyl halides is 6. The first-order valence-electron chi connectivity index (χ1n) is 8.40. The average Bonchev–Trinajstić information content (AvgIpc) is 2.58. The maximum Gasteiger partial charge on any atom is 0.416 e. The first-order chi connectivity index (χ1) is 13.3. The van der Waals surface area contributed by atoms with E-state index in [2.05, 4.69) is 0 Å². The second kappa shape index (κ2) is 8.59. The zero-order valence-corrected chi connectivity index (χ0v) is 15.4. The topological polar surface area (TPSA) is 38.3 Å². The lowest BCUT2D eigenvalue weighted by atomic mass is 10.1. The van der Waals surface area contributed by atoms with E-state index in [1.165, 1.54) is 6.08 Å². The molecule has 3 nitrogen and oxygen atoms in total. The molecular weight excluding hydrogens is 400 g/mol. The third-order valence-electron chi connectivity index (χ3n) is 3.51. The van der Waals surface area contributed by atoms with E-state index in [0.29, 0.717) is 23.4 Å². The van der Waals surface area contributed by atoms with E-state index < -0.39 is 35.1 Å². The van der Waals surface area contributed by atoms with Crippen LogP contribution in [-0.2, 0) is 17.1 Å². The predicted octanol–water partition coefficient (Wildman–Crippen LogP) is 6.16. The molecule has 0 atom stereocenters. The van der Waals surface area contributed by atoms with Gasteiger partial charge in [0, 0.05) is 11.8 Å². The Kier molecular flexibility index (Phi) is 6.61. The molecule has 0 bridgehead atoms. The summed E-state index contributed by atoms with van der Waals surface area (Å²) in [5.41, 5.74) is -3.06. The van der Waals surface area contributed by atoms with Crippen LogP contribution in [0.4, 0.5) is 32.0 Å². The van der Waals surface area contributed by atoms with Gasteiger partial charge in [-0.1, -0.05) is 12.1 Å². The van der Waals surface area contributed by atoms with Gasteiger partial charge in [-0.15, -0.1) is 0 Å². The van der Waals surface area contributed by atoms with Crippen LogP contribution >= 0.6 is 0 Å².